The number of esters is 1. The van der Waals surface area contributed by atoms with E-state index in [-0.39, 0.29) is 24.2 Å². The Balaban J connectivity index is 2.97. The van der Waals surface area contributed by atoms with Crippen LogP contribution < -0.4 is 10.5 Å². The molecule has 4 N–H and O–H groups in total. The van der Waals surface area contributed by atoms with E-state index in [9.17, 15) is 19.8 Å². The van der Waals surface area contributed by atoms with Crippen molar-refractivity contribution < 1.29 is 29.3 Å². The summed E-state index contributed by atoms with van der Waals surface area (Å²) in [5.41, 5.74) is 5.39. The molecule has 7 heteroatoms. The molecule has 1 amide bonds. The average Bonchev–Trinajstić information content (AvgIpc) is 2.45. The van der Waals surface area contributed by atoms with Crippen LogP contribution in [0.25, 0.3) is 0 Å². The second kappa shape index (κ2) is 7.61. The molecule has 116 valence electrons. The molecule has 0 heterocycles. The number of aliphatic hydroxyl groups is 2. The Kier molecular flexibility index (Phi) is 6.13. The third-order valence-corrected chi connectivity index (χ3v) is 2.89. The van der Waals surface area contributed by atoms with Gasteiger partial charge in [-0.25, -0.2) is 0 Å². The Bertz CT molecular complexity index is 516. The van der Waals surface area contributed by atoms with Gasteiger partial charge in [0.15, 0.2) is 0 Å². The highest BCUT2D eigenvalue weighted by atomic mass is 16.5. The minimum absolute atomic E-state index is 0.0183. The fourth-order valence-corrected chi connectivity index (χ4v) is 1.84. The lowest BCUT2D eigenvalue weighted by Crippen LogP contribution is -2.25. The largest absolute Gasteiger partial charge is 0.497 e. The van der Waals surface area contributed by atoms with Crippen molar-refractivity contribution in [2.75, 3.05) is 13.7 Å². The SMILES string of the molecule is CCOC(=O)CC(O)C(O)c1ccc(OC)cc1C(N)=O. The van der Waals surface area contributed by atoms with E-state index in [4.69, 9.17) is 15.2 Å². The Morgan fingerprint density at radius 1 is 1.33 bits per heavy atom. The summed E-state index contributed by atoms with van der Waals surface area (Å²) < 4.78 is 9.66. The van der Waals surface area contributed by atoms with Crippen LogP contribution in [-0.2, 0) is 9.53 Å². The number of benzene rings is 1. The monoisotopic (exact) mass is 297 g/mol. The Morgan fingerprint density at radius 2 is 2.00 bits per heavy atom. The number of amides is 1. The number of aliphatic hydroxyl groups excluding tert-OH is 2. The molecule has 0 aliphatic rings. The molecule has 2 unspecified atom stereocenters. The summed E-state index contributed by atoms with van der Waals surface area (Å²) in [5, 5.41) is 20.0. The minimum Gasteiger partial charge on any atom is -0.497 e. The van der Waals surface area contributed by atoms with Crippen LogP contribution in [0.2, 0.25) is 0 Å². The average molecular weight is 297 g/mol. The van der Waals surface area contributed by atoms with Crippen LogP contribution in [0.15, 0.2) is 18.2 Å². The van der Waals surface area contributed by atoms with Gasteiger partial charge in [-0.1, -0.05) is 6.07 Å². The summed E-state index contributed by atoms with van der Waals surface area (Å²) >= 11 is 0. The summed E-state index contributed by atoms with van der Waals surface area (Å²) in [6.07, 6.45) is -3.24. The van der Waals surface area contributed by atoms with Crippen molar-refractivity contribution in [1.29, 1.82) is 0 Å². The molecule has 1 rings (SSSR count). The molecule has 0 aromatic heterocycles. The van der Waals surface area contributed by atoms with Gasteiger partial charge in [0.05, 0.1) is 26.2 Å². The number of hydrogen-bond donors (Lipinski definition) is 3. The molecule has 2 atom stereocenters. The number of carbonyl (C=O) groups excluding carboxylic acids is 2. The lowest BCUT2D eigenvalue weighted by molar-refractivity contribution is -0.147. The van der Waals surface area contributed by atoms with Crippen molar-refractivity contribution >= 4 is 11.9 Å². The second-order valence-electron chi connectivity index (χ2n) is 4.34. The van der Waals surface area contributed by atoms with E-state index in [1.165, 1.54) is 25.3 Å². The molecule has 1 aromatic carbocycles. The molecular formula is C14H19NO6. The highest BCUT2D eigenvalue weighted by Crippen LogP contribution is 2.26. The molecule has 1 aromatic rings. The Labute approximate surface area is 122 Å². The van der Waals surface area contributed by atoms with Gasteiger partial charge in [0, 0.05) is 5.56 Å². The number of carbonyl (C=O) groups is 2. The van der Waals surface area contributed by atoms with E-state index in [1.54, 1.807) is 6.92 Å². The van der Waals surface area contributed by atoms with E-state index in [0.717, 1.165) is 0 Å². The van der Waals surface area contributed by atoms with E-state index < -0.39 is 24.1 Å². The van der Waals surface area contributed by atoms with Crippen LogP contribution >= 0.6 is 0 Å². The van der Waals surface area contributed by atoms with Gasteiger partial charge in [0.1, 0.15) is 11.9 Å². The summed E-state index contributed by atoms with van der Waals surface area (Å²) in [6.45, 7) is 1.81. The predicted molar refractivity (Wildman–Crippen MR) is 73.7 cm³/mol. The zero-order chi connectivity index (χ0) is 16.0. The molecule has 0 bridgehead atoms. The van der Waals surface area contributed by atoms with E-state index in [0.29, 0.717) is 5.75 Å². The fraction of sp³-hybridized carbons (Fsp3) is 0.429. The van der Waals surface area contributed by atoms with E-state index in [2.05, 4.69) is 0 Å². The molecule has 0 fully saturated rings. The normalized spacial score (nSPS) is 13.3. The highest BCUT2D eigenvalue weighted by molar-refractivity contribution is 5.95. The van der Waals surface area contributed by atoms with E-state index in [1.807, 2.05) is 0 Å². The molecule has 0 saturated carbocycles. The first-order valence-electron chi connectivity index (χ1n) is 6.40. The molecule has 0 spiro atoms. The van der Waals surface area contributed by atoms with Gasteiger partial charge in [-0.3, -0.25) is 9.59 Å². The highest BCUT2D eigenvalue weighted by Gasteiger charge is 2.25. The number of rotatable bonds is 7. The molecule has 0 aliphatic heterocycles. The quantitative estimate of drug-likeness (QED) is 0.616. The maximum atomic E-state index is 11.4. The first-order valence-corrected chi connectivity index (χ1v) is 6.40. The molecule has 0 aliphatic carbocycles. The second-order valence-corrected chi connectivity index (χ2v) is 4.34. The van der Waals surface area contributed by atoms with Crippen molar-refractivity contribution in [1.82, 2.24) is 0 Å². The van der Waals surface area contributed by atoms with Crippen molar-refractivity contribution in [3.8, 4) is 5.75 Å². The zero-order valence-corrected chi connectivity index (χ0v) is 11.9. The third-order valence-electron chi connectivity index (χ3n) is 2.89. The molecule has 0 radical (unpaired) electrons. The lowest BCUT2D eigenvalue weighted by Gasteiger charge is -2.19. The van der Waals surface area contributed by atoms with Gasteiger partial charge in [-0.15, -0.1) is 0 Å². The zero-order valence-electron chi connectivity index (χ0n) is 11.9. The van der Waals surface area contributed by atoms with Gasteiger partial charge in [-0.2, -0.15) is 0 Å². The predicted octanol–water partition coefficient (Wildman–Crippen LogP) is 0.142. The molecule has 7 nitrogen and oxygen atoms in total. The first kappa shape index (κ1) is 16.9. The van der Waals surface area contributed by atoms with Gasteiger partial charge >= 0.3 is 5.97 Å². The van der Waals surface area contributed by atoms with Crippen molar-refractivity contribution in [2.45, 2.75) is 25.6 Å². The number of ether oxygens (including phenoxy) is 2. The van der Waals surface area contributed by atoms with Crippen molar-refractivity contribution in [3.05, 3.63) is 29.3 Å². The van der Waals surface area contributed by atoms with Crippen LogP contribution in [0.3, 0.4) is 0 Å². The van der Waals surface area contributed by atoms with E-state index >= 15 is 0 Å². The minimum atomic E-state index is -1.44. The smallest absolute Gasteiger partial charge is 0.308 e. The maximum absolute atomic E-state index is 11.4. The number of nitrogens with two attached hydrogens (primary N) is 1. The molecular weight excluding hydrogens is 278 g/mol. The van der Waals surface area contributed by atoms with Gasteiger partial charge in [0.25, 0.3) is 0 Å². The molecule has 0 saturated heterocycles. The van der Waals surface area contributed by atoms with Gasteiger partial charge in [0.2, 0.25) is 5.91 Å². The number of methoxy groups -OCH3 is 1. The number of primary amides is 1. The first-order chi connectivity index (χ1) is 9.90. The summed E-state index contributed by atoms with van der Waals surface area (Å²) in [4.78, 5) is 22.7. The maximum Gasteiger partial charge on any atom is 0.308 e. The molecule has 21 heavy (non-hydrogen) atoms. The van der Waals surface area contributed by atoms with Crippen LogP contribution in [0.5, 0.6) is 5.75 Å². The van der Waals surface area contributed by atoms with Gasteiger partial charge in [-0.05, 0) is 24.6 Å². The van der Waals surface area contributed by atoms with Gasteiger partial charge < -0.3 is 25.4 Å². The fourth-order valence-electron chi connectivity index (χ4n) is 1.84. The topological polar surface area (TPSA) is 119 Å². The Hall–Kier alpha value is -2.12. The summed E-state index contributed by atoms with van der Waals surface area (Å²) in [7, 11) is 1.42. The van der Waals surface area contributed by atoms with Crippen molar-refractivity contribution in [3.63, 3.8) is 0 Å². The third kappa shape index (κ3) is 4.44. The van der Waals surface area contributed by atoms with Crippen LogP contribution in [0.1, 0.15) is 35.4 Å². The summed E-state index contributed by atoms with van der Waals surface area (Å²) in [6, 6.07) is 4.29. The summed E-state index contributed by atoms with van der Waals surface area (Å²) in [5.74, 6) is -1.02. The van der Waals surface area contributed by atoms with Crippen LogP contribution in [0, 0.1) is 0 Å². The Morgan fingerprint density at radius 3 is 2.52 bits per heavy atom. The lowest BCUT2D eigenvalue weighted by atomic mass is 9.96. The number of hydrogen-bond acceptors (Lipinski definition) is 6. The van der Waals surface area contributed by atoms with Crippen LogP contribution in [0.4, 0.5) is 0 Å². The standard InChI is InChI=1S/C14H19NO6/c1-3-21-12(17)7-11(16)13(18)9-5-4-8(20-2)6-10(9)14(15)19/h4-6,11,13,16,18H,3,7H2,1-2H3,(H2,15,19). The van der Waals surface area contributed by atoms with Crippen LogP contribution in [-0.4, -0.2) is 41.9 Å². The van der Waals surface area contributed by atoms with Crippen molar-refractivity contribution in [2.24, 2.45) is 5.73 Å².